The van der Waals surface area contributed by atoms with E-state index in [-0.39, 0.29) is 24.7 Å². The van der Waals surface area contributed by atoms with Crippen LogP contribution in [0, 0.1) is 6.92 Å². The van der Waals surface area contributed by atoms with Crippen molar-refractivity contribution >= 4 is 5.97 Å². The van der Waals surface area contributed by atoms with Crippen LogP contribution in [0.3, 0.4) is 0 Å². The first kappa shape index (κ1) is 26.3. The quantitative estimate of drug-likeness (QED) is 0.267. The standard InChI is InChI=1S/C28H33NO6/c1-21-4-3-5-22(18-21)23-6-8-27(30)26(20-23)24-10-11-29-25(19-24)7-9-28(31)35-17-16-34-15-14-33-13-12-32-2/h3-6,8,10-11,18-20,30H,7,9,12-17H2,1-2H3. The van der Waals surface area contributed by atoms with E-state index in [2.05, 4.69) is 30.1 Å². The van der Waals surface area contributed by atoms with E-state index in [0.717, 1.165) is 27.9 Å². The number of aromatic hydroxyl groups is 1. The Morgan fingerprint density at radius 3 is 2.37 bits per heavy atom. The number of carbonyl (C=O) groups is 1. The zero-order chi connectivity index (χ0) is 24.9. The number of nitrogens with zero attached hydrogens (tertiary/aromatic N) is 1. The number of phenols is 1. The SMILES string of the molecule is COCCOCCOCCOC(=O)CCc1cc(-c2cc(-c3cccc(C)c3)ccc2O)ccn1. The van der Waals surface area contributed by atoms with Gasteiger partial charge >= 0.3 is 5.97 Å². The van der Waals surface area contributed by atoms with Crippen molar-refractivity contribution in [1.29, 1.82) is 0 Å². The molecule has 7 nitrogen and oxygen atoms in total. The van der Waals surface area contributed by atoms with Crippen LogP contribution in [0.2, 0.25) is 0 Å². The average molecular weight is 480 g/mol. The van der Waals surface area contributed by atoms with Crippen molar-refractivity contribution in [2.75, 3.05) is 46.8 Å². The molecule has 0 atom stereocenters. The van der Waals surface area contributed by atoms with Crippen molar-refractivity contribution in [2.24, 2.45) is 0 Å². The van der Waals surface area contributed by atoms with Gasteiger partial charge in [-0.15, -0.1) is 0 Å². The molecule has 1 N–H and O–H groups in total. The summed E-state index contributed by atoms with van der Waals surface area (Å²) < 4.78 is 20.8. The van der Waals surface area contributed by atoms with E-state index < -0.39 is 0 Å². The summed E-state index contributed by atoms with van der Waals surface area (Å²) in [6.07, 6.45) is 2.35. The van der Waals surface area contributed by atoms with E-state index in [0.29, 0.717) is 39.5 Å². The van der Waals surface area contributed by atoms with Gasteiger partial charge in [-0.25, -0.2) is 0 Å². The first-order chi connectivity index (χ1) is 17.1. The summed E-state index contributed by atoms with van der Waals surface area (Å²) in [6.45, 7) is 4.57. The van der Waals surface area contributed by atoms with Gasteiger partial charge in [0.05, 0.1) is 39.5 Å². The summed E-state index contributed by atoms with van der Waals surface area (Å²) in [5, 5.41) is 10.5. The van der Waals surface area contributed by atoms with Gasteiger partial charge in [0.25, 0.3) is 0 Å². The van der Waals surface area contributed by atoms with Crippen LogP contribution in [0.4, 0.5) is 0 Å². The van der Waals surface area contributed by atoms with Gasteiger partial charge in [0.15, 0.2) is 0 Å². The molecular weight excluding hydrogens is 446 g/mol. The third kappa shape index (κ3) is 8.79. The lowest BCUT2D eigenvalue weighted by atomic mass is 9.97. The third-order valence-electron chi connectivity index (χ3n) is 5.36. The Morgan fingerprint density at radius 2 is 1.60 bits per heavy atom. The highest BCUT2D eigenvalue weighted by molar-refractivity contribution is 5.77. The number of rotatable bonds is 14. The second-order valence-corrected chi connectivity index (χ2v) is 8.08. The molecule has 0 bridgehead atoms. The van der Waals surface area contributed by atoms with Crippen LogP contribution in [-0.4, -0.2) is 62.8 Å². The van der Waals surface area contributed by atoms with Crippen molar-refractivity contribution in [1.82, 2.24) is 4.98 Å². The molecule has 35 heavy (non-hydrogen) atoms. The number of methoxy groups -OCH3 is 1. The first-order valence-corrected chi connectivity index (χ1v) is 11.7. The maximum Gasteiger partial charge on any atom is 0.306 e. The molecule has 0 radical (unpaired) electrons. The summed E-state index contributed by atoms with van der Waals surface area (Å²) in [4.78, 5) is 16.5. The molecule has 3 aromatic rings. The molecule has 0 aliphatic rings. The summed E-state index contributed by atoms with van der Waals surface area (Å²) in [5.74, 6) is -0.108. The van der Waals surface area contributed by atoms with Crippen molar-refractivity contribution in [2.45, 2.75) is 19.8 Å². The molecule has 0 aliphatic carbocycles. The summed E-state index contributed by atoms with van der Waals surface area (Å²) >= 11 is 0. The Hall–Kier alpha value is -3.26. The number of ether oxygens (including phenoxy) is 4. The fourth-order valence-electron chi connectivity index (χ4n) is 3.53. The van der Waals surface area contributed by atoms with Gasteiger partial charge in [-0.2, -0.15) is 0 Å². The van der Waals surface area contributed by atoms with Crippen LogP contribution < -0.4 is 0 Å². The molecule has 0 saturated heterocycles. The fourth-order valence-corrected chi connectivity index (χ4v) is 3.53. The monoisotopic (exact) mass is 479 g/mol. The molecule has 0 unspecified atom stereocenters. The number of carbonyl (C=O) groups excluding carboxylic acids is 1. The Morgan fingerprint density at radius 1 is 0.857 bits per heavy atom. The second-order valence-electron chi connectivity index (χ2n) is 8.08. The van der Waals surface area contributed by atoms with Crippen LogP contribution >= 0.6 is 0 Å². The van der Waals surface area contributed by atoms with Gasteiger partial charge in [0, 0.05) is 31.0 Å². The highest BCUT2D eigenvalue weighted by Gasteiger charge is 2.10. The minimum atomic E-state index is -0.304. The fraction of sp³-hybridized carbons (Fsp3) is 0.357. The largest absolute Gasteiger partial charge is 0.507 e. The van der Waals surface area contributed by atoms with Crippen LogP contribution in [0.15, 0.2) is 60.8 Å². The van der Waals surface area contributed by atoms with Crippen LogP contribution in [-0.2, 0) is 30.2 Å². The maximum atomic E-state index is 12.1. The molecule has 0 amide bonds. The number of aromatic nitrogens is 1. The molecule has 0 aliphatic heterocycles. The summed E-state index contributed by atoms with van der Waals surface area (Å²) in [7, 11) is 1.62. The number of hydrogen-bond acceptors (Lipinski definition) is 7. The Balaban J connectivity index is 1.49. The molecule has 1 aromatic heterocycles. The Kier molecular flexibility index (Phi) is 10.7. The molecular formula is C28H33NO6. The predicted octanol–water partition coefficient (Wildman–Crippen LogP) is 4.59. The van der Waals surface area contributed by atoms with Gasteiger partial charge in [-0.05, 0) is 47.9 Å². The van der Waals surface area contributed by atoms with E-state index in [1.165, 1.54) is 5.56 Å². The number of phenolic OH excluding ortho intramolecular Hbond substituents is 1. The van der Waals surface area contributed by atoms with Crippen molar-refractivity contribution in [3.8, 4) is 28.0 Å². The predicted molar refractivity (Wildman–Crippen MR) is 134 cm³/mol. The van der Waals surface area contributed by atoms with E-state index in [4.69, 9.17) is 18.9 Å². The zero-order valence-corrected chi connectivity index (χ0v) is 20.4. The lowest BCUT2D eigenvalue weighted by molar-refractivity contribution is -0.145. The number of pyridine rings is 1. The minimum Gasteiger partial charge on any atom is -0.507 e. The van der Waals surface area contributed by atoms with Crippen molar-refractivity contribution in [3.05, 3.63) is 72.1 Å². The van der Waals surface area contributed by atoms with Gasteiger partial charge in [-0.1, -0.05) is 35.9 Å². The lowest BCUT2D eigenvalue weighted by Crippen LogP contribution is -2.14. The number of esters is 1. The maximum absolute atomic E-state index is 12.1. The van der Waals surface area contributed by atoms with Crippen LogP contribution in [0.1, 0.15) is 17.7 Å². The van der Waals surface area contributed by atoms with Gasteiger partial charge in [0.1, 0.15) is 12.4 Å². The molecule has 2 aromatic carbocycles. The molecule has 0 spiro atoms. The molecule has 1 heterocycles. The Labute approximate surface area is 206 Å². The highest BCUT2D eigenvalue weighted by Crippen LogP contribution is 2.34. The van der Waals surface area contributed by atoms with E-state index >= 15 is 0 Å². The second kappa shape index (κ2) is 14.2. The smallest absolute Gasteiger partial charge is 0.306 e. The number of benzene rings is 2. The van der Waals surface area contributed by atoms with Gasteiger partial charge < -0.3 is 24.1 Å². The average Bonchev–Trinajstić information content (AvgIpc) is 2.87. The first-order valence-electron chi connectivity index (χ1n) is 11.7. The topological polar surface area (TPSA) is 87.1 Å². The molecule has 186 valence electrons. The van der Waals surface area contributed by atoms with E-state index in [9.17, 15) is 9.90 Å². The minimum absolute atomic E-state index is 0.196. The molecule has 7 heteroatoms. The zero-order valence-electron chi connectivity index (χ0n) is 20.4. The van der Waals surface area contributed by atoms with Crippen molar-refractivity contribution in [3.63, 3.8) is 0 Å². The van der Waals surface area contributed by atoms with Crippen LogP contribution in [0.25, 0.3) is 22.3 Å². The van der Waals surface area contributed by atoms with Crippen molar-refractivity contribution < 1.29 is 28.8 Å². The number of hydrogen-bond donors (Lipinski definition) is 1. The molecule has 0 saturated carbocycles. The number of aryl methyl sites for hydroxylation is 2. The normalized spacial score (nSPS) is 10.9. The van der Waals surface area contributed by atoms with E-state index in [1.807, 2.05) is 30.3 Å². The van der Waals surface area contributed by atoms with Crippen LogP contribution in [0.5, 0.6) is 5.75 Å². The van der Waals surface area contributed by atoms with Gasteiger partial charge in [-0.3, -0.25) is 9.78 Å². The summed E-state index contributed by atoms with van der Waals surface area (Å²) in [5.41, 5.74) is 5.60. The Bertz CT molecular complexity index is 1080. The molecule has 0 fully saturated rings. The highest BCUT2D eigenvalue weighted by atomic mass is 16.6. The van der Waals surface area contributed by atoms with Gasteiger partial charge in [0.2, 0.25) is 0 Å². The summed E-state index contributed by atoms with van der Waals surface area (Å²) in [6, 6.07) is 17.6. The lowest BCUT2D eigenvalue weighted by Gasteiger charge is -2.10. The molecule has 3 rings (SSSR count). The third-order valence-corrected chi connectivity index (χ3v) is 5.36. The van der Waals surface area contributed by atoms with E-state index in [1.54, 1.807) is 19.4 Å².